The van der Waals surface area contributed by atoms with E-state index in [1.54, 1.807) is 17.1 Å². The normalized spacial score (nSPS) is 21.8. The third-order valence-corrected chi connectivity index (χ3v) is 6.49. The van der Waals surface area contributed by atoms with Crippen LogP contribution in [0.15, 0.2) is 36.8 Å². The highest BCUT2D eigenvalue weighted by Gasteiger charge is 2.23. The van der Waals surface area contributed by atoms with Crippen molar-refractivity contribution in [1.29, 1.82) is 0 Å². The van der Waals surface area contributed by atoms with Gasteiger partial charge in [-0.3, -0.25) is 4.79 Å². The van der Waals surface area contributed by atoms with Crippen molar-refractivity contribution in [3.05, 3.63) is 48.0 Å². The topological polar surface area (TPSA) is 50.6 Å². The molecule has 3 heterocycles. The van der Waals surface area contributed by atoms with Gasteiger partial charge in [-0.1, -0.05) is 18.6 Å². The third-order valence-electron chi connectivity index (χ3n) is 6.49. The quantitative estimate of drug-likeness (QED) is 0.722. The van der Waals surface area contributed by atoms with Crippen molar-refractivity contribution in [3.8, 4) is 5.75 Å². The Balaban J connectivity index is 1.49. The molecule has 4 rings (SSSR count). The summed E-state index contributed by atoms with van der Waals surface area (Å²) in [5.74, 6) is 0.934. The van der Waals surface area contributed by atoms with Crippen molar-refractivity contribution in [2.75, 3.05) is 32.8 Å². The molecule has 162 valence electrons. The second kappa shape index (κ2) is 10.1. The first-order valence-corrected chi connectivity index (χ1v) is 11.4. The zero-order chi connectivity index (χ0) is 20.8. The molecule has 1 unspecified atom stereocenters. The maximum absolute atomic E-state index is 13.1. The van der Waals surface area contributed by atoms with Crippen molar-refractivity contribution < 1.29 is 9.53 Å². The van der Waals surface area contributed by atoms with Crippen molar-refractivity contribution in [1.82, 2.24) is 19.4 Å². The fourth-order valence-electron chi connectivity index (χ4n) is 4.74. The van der Waals surface area contributed by atoms with E-state index in [4.69, 9.17) is 4.74 Å². The predicted octanol–water partition coefficient (Wildman–Crippen LogP) is 3.52. The summed E-state index contributed by atoms with van der Waals surface area (Å²) in [6, 6.07) is 9.15. The summed E-state index contributed by atoms with van der Waals surface area (Å²) in [6.07, 6.45) is 11.8. The fraction of sp³-hybridized carbons (Fsp3) is 0.583. The molecule has 6 heteroatoms. The molecule has 1 atom stereocenters. The first-order valence-electron chi connectivity index (χ1n) is 11.4. The Kier molecular flexibility index (Phi) is 7.05. The Morgan fingerprint density at radius 3 is 2.73 bits per heavy atom. The average molecular weight is 411 g/mol. The molecule has 1 fully saturated rings. The van der Waals surface area contributed by atoms with Crippen LogP contribution in [0.5, 0.6) is 5.75 Å². The van der Waals surface area contributed by atoms with Gasteiger partial charge in [0.25, 0.3) is 5.91 Å². The molecule has 0 spiro atoms. The number of benzene rings is 1. The zero-order valence-corrected chi connectivity index (χ0v) is 18.1. The number of aromatic nitrogens is 2. The Hall–Kier alpha value is -2.34. The van der Waals surface area contributed by atoms with Gasteiger partial charge in [0, 0.05) is 19.6 Å². The first-order chi connectivity index (χ1) is 14.7. The van der Waals surface area contributed by atoms with Gasteiger partial charge in [0.15, 0.2) is 0 Å². The molecule has 0 radical (unpaired) electrons. The van der Waals surface area contributed by atoms with E-state index < -0.39 is 0 Å². The molecule has 1 saturated heterocycles. The number of aryl methyl sites for hydroxylation is 2. The molecule has 2 aromatic rings. The largest absolute Gasteiger partial charge is 0.492 e. The number of nitrogens with zero attached hydrogens (tertiary/aromatic N) is 4. The van der Waals surface area contributed by atoms with Crippen molar-refractivity contribution >= 4 is 5.91 Å². The number of imidazole rings is 1. The first kappa shape index (κ1) is 20.9. The van der Waals surface area contributed by atoms with Crippen molar-refractivity contribution in [3.63, 3.8) is 0 Å². The summed E-state index contributed by atoms with van der Waals surface area (Å²) in [6.45, 7) is 4.19. The van der Waals surface area contributed by atoms with E-state index in [9.17, 15) is 4.79 Å². The maximum Gasteiger partial charge on any atom is 0.272 e. The highest BCUT2D eigenvalue weighted by Crippen LogP contribution is 2.23. The molecule has 0 saturated carbocycles. The van der Waals surface area contributed by atoms with E-state index in [0.29, 0.717) is 24.9 Å². The van der Waals surface area contributed by atoms with Crippen LogP contribution in [-0.4, -0.2) is 64.1 Å². The molecule has 0 N–H and O–H groups in total. The lowest BCUT2D eigenvalue weighted by molar-refractivity contribution is 0.0712. The number of piperidine rings is 1. The average Bonchev–Trinajstić information content (AvgIpc) is 3.19. The molecule has 1 amide bonds. The fourth-order valence-corrected chi connectivity index (χ4v) is 4.74. The van der Waals surface area contributed by atoms with E-state index in [1.807, 2.05) is 18.0 Å². The highest BCUT2D eigenvalue weighted by molar-refractivity contribution is 5.92. The van der Waals surface area contributed by atoms with Crippen LogP contribution in [0.4, 0.5) is 0 Å². The summed E-state index contributed by atoms with van der Waals surface area (Å²) >= 11 is 0. The molecule has 0 aliphatic carbocycles. The maximum atomic E-state index is 13.1. The number of carbonyl (C=O) groups is 1. The van der Waals surface area contributed by atoms with Crippen LogP contribution in [-0.2, 0) is 13.5 Å². The monoisotopic (exact) mass is 410 g/mol. The molecular weight excluding hydrogens is 376 g/mol. The zero-order valence-electron chi connectivity index (χ0n) is 18.1. The van der Waals surface area contributed by atoms with E-state index in [0.717, 1.165) is 38.1 Å². The molecule has 2 aliphatic heterocycles. The van der Waals surface area contributed by atoms with Gasteiger partial charge in [0.1, 0.15) is 18.1 Å². The Morgan fingerprint density at radius 2 is 1.90 bits per heavy atom. The Bertz CT molecular complexity index is 834. The van der Waals surface area contributed by atoms with Gasteiger partial charge in [-0.25, -0.2) is 4.98 Å². The van der Waals surface area contributed by atoms with E-state index in [-0.39, 0.29) is 5.91 Å². The van der Waals surface area contributed by atoms with Gasteiger partial charge in [0.05, 0.1) is 19.1 Å². The smallest absolute Gasteiger partial charge is 0.272 e. The number of hydrogen-bond acceptors (Lipinski definition) is 4. The molecule has 1 aromatic carbocycles. The predicted molar refractivity (Wildman–Crippen MR) is 118 cm³/mol. The van der Waals surface area contributed by atoms with Crippen LogP contribution in [0.25, 0.3) is 0 Å². The SMILES string of the molecule is Cn1cncc1C(=O)N1CCCCN2CCCCC2CCc2cccc(c2)OCC1. The molecule has 30 heavy (non-hydrogen) atoms. The lowest BCUT2D eigenvalue weighted by atomic mass is 9.95. The minimum atomic E-state index is 0.0347. The summed E-state index contributed by atoms with van der Waals surface area (Å²) in [5.41, 5.74) is 1.97. The van der Waals surface area contributed by atoms with Crippen LogP contribution in [0, 0.1) is 0 Å². The molecule has 2 bridgehead atoms. The van der Waals surface area contributed by atoms with Crippen LogP contribution in [0.1, 0.15) is 54.6 Å². The number of rotatable bonds is 1. The minimum absolute atomic E-state index is 0.0347. The van der Waals surface area contributed by atoms with Crippen molar-refractivity contribution in [2.24, 2.45) is 7.05 Å². The Labute approximate surface area is 179 Å². The molecule has 1 aromatic heterocycles. The van der Waals surface area contributed by atoms with Crippen LogP contribution >= 0.6 is 0 Å². The summed E-state index contributed by atoms with van der Waals surface area (Å²) in [7, 11) is 1.87. The second-order valence-electron chi connectivity index (χ2n) is 8.61. The lowest BCUT2D eigenvalue weighted by Gasteiger charge is -2.36. The van der Waals surface area contributed by atoms with E-state index in [2.05, 4.69) is 28.1 Å². The number of carbonyl (C=O) groups excluding carboxylic acids is 1. The van der Waals surface area contributed by atoms with Gasteiger partial charge < -0.3 is 19.1 Å². The van der Waals surface area contributed by atoms with Gasteiger partial charge in [-0.05, 0) is 69.3 Å². The van der Waals surface area contributed by atoms with Crippen molar-refractivity contribution in [2.45, 2.75) is 51.0 Å². The van der Waals surface area contributed by atoms with Crippen LogP contribution < -0.4 is 4.74 Å². The molecule has 6 nitrogen and oxygen atoms in total. The minimum Gasteiger partial charge on any atom is -0.492 e. The summed E-state index contributed by atoms with van der Waals surface area (Å²) in [5, 5.41) is 0. The standard InChI is InChI=1S/C24H34N4O2/c1-26-19-25-18-23(26)24(29)28-14-5-4-13-27-12-3-2-8-21(27)11-10-20-7-6-9-22(17-20)30-16-15-28/h6-7,9,17-19,21H,2-5,8,10-16H2,1H3. The van der Waals surface area contributed by atoms with E-state index >= 15 is 0 Å². The lowest BCUT2D eigenvalue weighted by Crippen LogP contribution is -2.41. The number of amides is 1. The van der Waals surface area contributed by atoms with Crippen LogP contribution in [0.2, 0.25) is 0 Å². The highest BCUT2D eigenvalue weighted by atomic mass is 16.5. The summed E-state index contributed by atoms with van der Waals surface area (Å²) < 4.78 is 7.82. The van der Waals surface area contributed by atoms with Gasteiger partial charge >= 0.3 is 0 Å². The number of ether oxygens (including phenoxy) is 1. The number of fused-ring (bicyclic) bond motifs is 3. The third kappa shape index (κ3) is 5.22. The molecule has 2 aliphatic rings. The molecular formula is C24H34N4O2. The second-order valence-corrected chi connectivity index (χ2v) is 8.61. The van der Waals surface area contributed by atoms with Crippen LogP contribution in [0.3, 0.4) is 0 Å². The Morgan fingerprint density at radius 1 is 1.07 bits per heavy atom. The summed E-state index contributed by atoms with van der Waals surface area (Å²) in [4.78, 5) is 21.8. The van der Waals surface area contributed by atoms with Gasteiger partial charge in [-0.2, -0.15) is 0 Å². The number of hydrogen-bond donors (Lipinski definition) is 0. The van der Waals surface area contributed by atoms with Gasteiger partial charge in [-0.15, -0.1) is 0 Å². The van der Waals surface area contributed by atoms with Gasteiger partial charge in [0.2, 0.25) is 0 Å². The van der Waals surface area contributed by atoms with E-state index in [1.165, 1.54) is 37.8 Å².